The van der Waals surface area contributed by atoms with E-state index in [0.29, 0.717) is 24.0 Å². The minimum Gasteiger partial charge on any atom is -0.350 e. The third-order valence-electron chi connectivity index (χ3n) is 5.47. The van der Waals surface area contributed by atoms with Gasteiger partial charge in [0, 0.05) is 26.0 Å². The van der Waals surface area contributed by atoms with Gasteiger partial charge < -0.3 is 14.5 Å². The summed E-state index contributed by atoms with van der Waals surface area (Å²) in [6.07, 6.45) is 0.519. The van der Waals surface area contributed by atoms with Crippen LogP contribution < -0.4 is 16.0 Å². The highest BCUT2D eigenvalue weighted by atomic mass is 32.2. The van der Waals surface area contributed by atoms with Gasteiger partial charge in [0.05, 0.1) is 21.3 Å². The normalized spacial score (nSPS) is 11.8. The summed E-state index contributed by atoms with van der Waals surface area (Å²) in [7, 11) is -0.236. The summed E-state index contributed by atoms with van der Waals surface area (Å²) < 4.78 is 26.0. The fourth-order valence-corrected chi connectivity index (χ4v) is 4.34. The number of carbonyl (C=O) groups excluding carboxylic acids is 1. The van der Waals surface area contributed by atoms with Crippen LogP contribution in [0.3, 0.4) is 0 Å². The molecule has 0 aliphatic carbocycles. The number of carbonyl (C=O) groups is 1. The highest BCUT2D eigenvalue weighted by Crippen LogP contribution is 2.24. The fraction of sp³-hybridized carbons (Fsp3) is 0.182. The first-order valence-electron chi connectivity index (χ1n) is 9.65. The lowest BCUT2D eigenvalue weighted by Gasteiger charge is -2.09. The van der Waals surface area contributed by atoms with Crippen LogP contribution in [-0.2, 0) is 30.5 Å². The first-order valence-corrected chi connectivity index (χ1v) is 11.2. The molecule has 31 heavy (non-hydrogen) atoms. The van der Waals surface area contributed by atoms with Crippen LogP contribution >= 0.6 is 0 Å². The van der Waals surface area contributed by atoms with Gasteiger partial charge in [0.15, 0.2) is 0 Å². The molecule has 0 bridgehead atoms. The third kappa shape index (κ3) is 3.73. The topological polar surface area (TPSA) is 116 Å². The summed E-state index contributed by atoms with van der Waals surface area (Å²) in [5.74, 6) is -0.286. The number of sulfonamides is 1. The standard InChI is InChI=1S/C22H22N4O4S/c1-25-19(13-17-20(25)16-5-3-4-6-18(16)26(2)22(17)28)21(27)24-12-11-14-7-9-15(10-8-14)31(23,29)30/h3-10,13H,11-12H2,1-2H3,(H,24,27)(H2,23,29,30). The number of fused-ring (bicyclic) bond motifs is 3. The molecule has 1 amide bonds. The van der Waals surface area contributed by atoms with Crippen molar-refractivity contribution < 1.29 is 13.2 Å². The molecule has 4 aromatic rings. The summed E-state index contributed by atoms with van der Waals surface area (Å²) in [6.45, 7) is 0.355. The largest absolute Gasteiger partial charge is 0.350 e. The molecule has 3 N–H and O–H groups in total. The van der Waals surface area contributed by atoms with E-state index in [1.165, 1.54) is 12.1 Å². The lowest BCUT2D eigenvalue weighted by molar-refractivity contribution is 0.0946. The van der Waals surface area contributed by atoms with E-state index >= 15 is 0 Å². The van der Waals surface area contributed by atoms with Crippen molar-refractivity contribution in [1.29, 1.82) is 0 Å². The van der Waals surface area contributed by atoms with Gasteiger partial charge in [-0.05, 0) is 36.2 Å². The molecule has 4 rings (SSSR count). The summed E-state index contributed by atoms with van der Waals surface area (Å²) >= 11 is 0. The first-order chi connectivity index (χ1) is 14.7. The maximum Gasteiger partial charge on any atom is 0.267 e. The monoisotopic (exact) mass is 438 g/mol. The van der Waals surface area contributed by atoms with Crippen molar-refractivity contribution in [2.24, 2.45) is 19.2 Å². The quantitative estimate of drug-likeness (QED) is 0.493. The molecule has 0 fully saturated rings. The van der Waals surface area contributed by atoms with Gasteiger partial charge in [-0.1, -0.05) is 30.3 Å². The summed E-state index contributed by atoms with van der Waals surface area (Å²) in [4.78, 5) is 25.6. The number of hydrogen-bond acceptors (Lipinski definition) is 4. The van der Waals surface area contributed by atoms with Gasteiger partial charge in [0.1, 0.15) is 5.69 Å². The average molecular weight is 439 g/mol. The van der Waals surface area contributed by atoms with Crippen molar-refractivity contribution in [3.8, 4) is 0 Å². The van der Waals surface area contributed by atoms with E-state index in [-0.39, 0.29) is 16.4 Å². The van der Waals surface area contributed by atoms with Crippen molar-refractivity contribution in [2.45, 2.75) is 11.3 Å². The van der Waals surface area contributed by atoms with Crippen LogP contribution in [0, 0.1) is 0 Å². The molecule has 8 nitrogen and oxygen atoms in total. The molecule has 0 aliphatic heterocycles. The molecule has 9 heteroatoms. The van der Waals surface area contributed by atoms with E-state index < -0.39 is 10.0 Å². The molecule has 0 aliphatic rings. The Morgan fingerprint density at radius 2 is 1.68 bits per heavy atom. The predicted octanol–water partition coefficient (Wildman–Crippen LogP) is 1.65. The second kappa shape index (κ2) is 7.68. The SMILES string of the molecule is Cn1c(C(=O)NCCc2ccc(S(N)(=O)=O)cc2)cc2c(=O)n(C)c3ccccc3c21. The molecule has 0 unspecified atom stereocenters. The van der Waals surface area contributed by atoms with Crippen LogP contribution in [0.25, 0.3) is 21.8 Å². The van der Waals surface area contributed by atoms with Crippen molar-refractivity contribution in [2.75, 3.05) is 6.54 Å². The van der Waals surface area contributed by atoms with Gasteiger partial charge in [0.2, 0.25) is 10.0 Å². The van der Waals surface area contributed by atoms with Crippen LogP contribution in [0.1, 0.15) is 16.1 Å². The summed E-state index contributed by atoms with van der Waals surface area (Å²) in [6, 6.07) is 15.4. The van der Waals surface area contributed by atoms with Crippen LogP contribution in [-0.4, -0.2) is 30.0 Å². The average Bonchev–Trinajstić information content (AvgIpc) is 3.09. The summed E-state index contributed by atoms with van der Waals surface area (Å²) in [5, 5.41) is 9.36. The van der Waals surface area contributed by atoms with Gasteiger partial charge in [0.25, 0.3) is 11.5 Å². The van der Waals surface area contributed by atoms with Gasteiger partial charge in [-0.2, -0.15) is 0 Å². The molecule has 2 aromatic carbocycles. The van der Waals surface area contributed by atoms with Crippen molar-refractivity contribution >= 4 is 37.7 Å². The van der Waals surface area contributed by atoms with Crippen LogP contribution in [0.2, 0.25) is 0 Å². The van der Waals surface area contributed by atoms with Crippen molar-refractivity contribution in [3.63, 3.8) is 0 Å². The highest BCUT2D eigenvalue weighted by molar-refractivity contribution is 7.89. The van der Waals surface area contributed by atoms with Gasteiger partial charge >= 0.3 is 0 Å². The van der Waals surface area contributed by atoms with Gasteiger partial charge in [-0.25, -0.2) is 13.6 Å². The zero-order valence-corrected chi connectivity index (χ0v) is 17.9. The number of rotatable bonds is 5. The van der Waals surface area contributed by atoms with E-state index in [1.54, 1.807) is 41.4 Å². The Bertz CT molecular complexity index is 1480. The van der Waals surface area contributed by atoms with Crippen molar-refractivity contribution in [1.82, 2.24) is 14.5 Å². The van der Waals surface area contributed by atoms with E-state index in [0.717, 1.165) is 22.0 Å². The second-order valence-electron chi connectivity index (χ2n) is 7.43. The number of amides is 1. The smallest absolute Gasteiger partial charge is 0.267 e. The number of pyridine rings is 1. The van der Waals surface area contributed by atoms with Crippen LogP contribution in [0.5, 0.6) is 0 Å². The number of para-hydroxylation sites is 1. The predicted molar refractivity (Wildman–Crippen MR) is 120 cm³/mol. The Balaban J connectivity index is 1.57. The number of primary sulfonamides is 1. The lowest BCUT2D eigenvalue weighted by Crippen LogP contribution is -2.27. The number of nitrogens with one attached hydrogen (secondary N) is 1. The maximum atomic E-state index is 12.8. The first kappa shape index (κ1) is 20.8. The molecule has 0 atom stereocenters. The minimum absolute atomic E-state index is 0.0459. The molecule has 0 saturated heterocycles. The third-order valence-corrected chi connectivity index (χ3v) is 6.40. The zero-order chi connectivity index (χ0) is 22.3. The number of aryl methyl sites for hydroxylation is 2. The van der Waals surface area contributed by atoms with E-state index in [2.05, 4.69) is 5.32 Å². The van der Waals surface area contributed by atoms with E-state index in [4.69, 9.17) is 5.14 Å². The lowest BCUT2D eigenvalue weighted by atomic mass is 10.1. The van der Waals surface area contributed by atoms with E-state index in [9.17, 15) is 18.0 Å². The molecular weight excluding hydrogens is 416 g/mol. The highest BCUT2D eigenvalue weighted by Gasteiger charge is 2.18. The number of benzene rings is 2. The Labute approximate surface area is 178 Å². The van der Waals surface area contributed by atoms with Crippen molar-refractivity contribution in [3.05, 3.63) is 76.2 Å². The molecule has 160 valence electrons. The Morgan fingerprint density at radius 1 is 1.00 bits per heavy atom. The van der Waals surface area contributed by atoms with E-state index in [1.807, 2.05) is 24.3 Å². The number of nitrogens with zero attached hydrogens (tertiary/aromatic N) is 2. The second-order valence-corrected chi connectivity index (χ2v) is 8.99. The number of aromatic nitrogens is 2. The number of hydrogen-bond donors (Lipinski definition) is 2. The molecule has 0 radical (unpaired) electrons. The molecule has 0 spiro atoms. The molecule has 2 aromatic heterocycles. The minimum atomic E-state index is -3.73. The van der Waals surface area contributed by atoms with Crippen LogP contribution in [0.15, 0.2) is 64.3 Å². The Hall–Kier alpha value is -3.43. The zero-order valence-electron chi connectivity index (χ0n) is 17.1. The Morgan fingerprint density at radius 3 is 2.35 bits per heavy atom. The summed E-state index contributed by atoms with van der Waals surface area (Å²) in [5.41, 5.74) is 2.63. The Kier molecular flexibility index (Phi) is 5.16. The maximum absolute atomic E-state index is 12.8. The van der Waals surface area contributed by atoms with Crippen LogP contribution in [0.4, 0.5) is 0 Å². The van der Waals surface area contributed by atoms with Gasteiger partial charge in [-0.3, -0.25) is 9.59 Å². The number of nitrogens with two attached hydrogens (primary N) is 1. The van der Waals surface area contributed by atoms with Gasteiger partial charge in [-0.15, -0.1) is 0 Å². The molecular formula is C22H22N4O4S. The molecule has 2 heterocycles. The molecule has 0 saturated carbocycles. The fourth-order valence-electron chi connectivity index (χ4n) is 3.82.